The molecular formula is C20H20ClN5O4S. The van der Waals surface area contributed by atoms with Crippen LogP contribution in [0.3, 0.4) is 0 Å². The highest BCUT2D eigenvalue weighted by atomic mass is 35.5. The van der Waals surface area contributed by atoms with Crippen LogP contribution in [0.2, 0.25) is 5.15 Å². The molecule has 3 aromatic rings. The van der Waals surface area contributed by atoms with E-state index in [1.807, 2.05) is 6.07 Å². The fraction of sp³-hybridized carbons (Fsp3) is 0.300. The molecule has 162 valence electrons. The molecule has 9 nitrogen and oxygen atoms in total. The summed E-state index contributed by atoms with van der Waals surface area (Å²) in [6, 6.07) is 10.2. The maximum atomic E-state index is 12.9. The zero-order valence-corrected chi connectivity index (χ0v) is 18.2. The summed E-state index contributed by atoms with van der Waals surface area (Å²) in [5.41, 5.74) is 1.23. The average Bonchev–Trinajstić information content (AvgIpc) is 3.20. The van der Waals surface area contributed by atoms with Crippen LogP contribution in [0.1, 0.15) is 18.7 Å². The number of rotatable bonds is 5. The molecule has 1 aliphatic heterocycles. The molecule has 0 spiro atoms. The van der Waals surface area contributed by atoms with Crippen LogP contribution < -0.4 is 5.32 Å². The number of sulfonamides is 1. The van der Waals surface area contributed by atoms with Crippen LogP contribution in [0.25, 0.3) is 11.4 Å². The molecule has 1 fully saturated rings. The number of aryl methyl sites for hydroxylation is 1. The summed E-state index contributed by atoms with van der Waals surface area (Å²) >= 11 is 5.97. The molecule has 0 atom stereocenters. The maximum absolute atomic E-state index is 12.9. The quantitative estimate of drug-likeness (QED) is 0.579. The van der Waals surface area contributed by atoms with Gasteiger partial charge in [-0.3, -0.25) is 4.79 Å². The number of aromatic nitrogens is 3. The van der Waals surface area contributed by atoms with Gasteiger partial charge in [0.05, 0.1) is 5.69 Å². The van der Waals surface area contributed by atoms with Crippen molar-refractivity contribution in [1.82, 2.24) is 19.4 Å². The third kappa shape index (κ3) is 4.46. The van der Waals surface area contributed by atoms with E-state index in [4.69, 9.17) is 16.1 Å². The van der Waals surface area contributed by atoms with Crippen molar-refractivity contribution in [3.05, 3.63) is 53.6 Å². The normalized spacial score (nSPS) is 15.7. The molecule has 11 heteroatoms. The molecule has 1 amide bonds. The van der Waals surface area contributed by atoms with Crippen LogP contribution in [0, 0.1) is 12.8 Å². The summed E-state index contributed by atoms with van der Waals surface area (Å²) < 4.78 is 32.1. The number of amides is 1. The molecule has 0 radical (unpaired) electrons. The van der Waals surface area contributed by atoms with Crippen LogP contribution in [0.15, 0.2) is 52.0 Å². The van der Waals surface area contributed by atoms with Crippen molar-refractivity contribution >= 4 is 33.2 Å². The average molecular weight is 462 g/mol. The van der Waals surface area contributed by atoms with Gasteiger partial charge in [0.2, 0.25) is 27.6 Å². The van der Waals surface area contributed by atoms with Crippen molar-refractivity contribution in [2.24, 2.45) is 5.92 Å². The van der Waals surface area contributed by atoms with Gasteiger partial charge < -0.3 is 9.84 Å². The Labute approximate surface area is 184 Å². The van der Waals surface area contributed by atoms with Crippen molar-refractivity contribution in [2.45, 2.75) is 24.7 Å². The monoisotopic (exact) mass is 461 g/mol. The van der Waals surface area contributed by atoms with Gasteiger partial charge >= 0.3 is 0 Å². The zero-order chi connectivity index (χ0) is 22.0. The zero-order valence-electron chi connectivity index (χ0n) is 16.7. The first kappa shape index (κ1) is 21.4. The summed E-state index contributed by atoms with van der Waals surface area (Å²) in [5, 5.41) is 6.78. The Morgan fingerprint density at radius 1 is 1.19 bits per heavy atom. The number of para-hydroxylation sites is 1. The number of nitrogens with zero attached hydrogens (tertiary/aromatic N) is 4. The summed E-state index contributed by atoms with van der Waals surface area (Å²) in [4.78, 5) is 20.9. The molecule has 4 rings (SSSR count). The Hall–Kier alpha value is -2.82. The number of halogens is 1. The highest BCUT2D eigenvalue weighted by molar-refractivity contribution is 7.89. The minimum Gasteiger partial charge on any atom is -0.339 e. The Balaban J connectivity index is 1.44. The van der Waals surface area contributed by atoms with Crippen LogP contribution in [0.5, 0.6) is 0 Å². The number of anilines is 1. The minimum absolute atomic E-state index is 0.0242. The summed E-state index contributed by atoms with van der Waals surface area (Å²) in [6.45, 7) is 2.13. The van der Waals surface area contributed by atoms with E-state index in [1.54, 1.807) is 25.1 Å². The van der Waals surface area contributed by atoms with Gasteiger partial charge in [-0.15, -0.1) is 0 Å². The SMILES string of the molecule is Cc1nc(-c2ccccc2NC(=O)C2CCN(S(=O)(=O)c3cccnc3Cl)CC2)no1. The molecule has 1 aromatic carbocycles. The predicted octanol–water partition coefficient (Wildman–Crippen LogP) is 3.13. The van der Waals surface area contributed by atoms with Crippen molar-refractivity contribution in [3.8, 4) is 11.4 Å². The van der Waals surface area contributed by atoms with Crippen molar-refractivity contribution in [2.75, 3.05) is 18.4 Å². The van der Waals surface area contributed by atoms with Crippen LogP contribution in [-0.2, 0) is 14.8 Å². The largest absolute Gasteiger partial charge is 0.339 e. The van der Waals surface area contributed by atoms with Crippen molar-refractivity contribution in [1.29, 1.82) is 0 Å². The predicted molar refractivity (Wildman–Crippen MR) is 114 cm³/mol. The second kappa shape index (κ2) is 8.74. The van der Waals surface area contributed by atoms with E-state index in [1.165, 1.54) is 22.6 Å². The molecule has 0 aliphatic carbocycles. The molecule has 31 heavy (non-hydrogen) atoms. The minimum atomic E-state index is -3.76. The number of carbonyl (C=O) groups is 1. The molecule has 1 saturated heterocycles. The van der Waals surface area contributed by atoms with E-state index in [0.29, 0.717) is 35.8 Å². The lowest BCUT2D eigenvalue weighted by Crippen LogP contribution is -2.41. The van der Waals surface area contributed by atoms with Crippen LogP contribution >= 0.6 is 11.6 Å². The summed E-state index contributed by atoms with van der Waals surface area (Å²) in [6.07, 6.45) is 2.23. The lowest BCUT2D eigenvalue weighted by atomic mass is 9.97. The Bertz CT molecular complexity index is 1210. The molecule has 3 heterocycles. The number of hydrogen-bond acceptors (Lipinski definition) is 7. The fourth-order valence-electron chi connectivity index (χ4n) is 3.49. The summed E-state index contributed by atoms with van der Waals surface area (Å²) in [5.74, 6) is 0.320. The fourth-order valence-corrected chi connectivity index (χ4v) is 5.39. The smallest absolute Gasteiger partial charge is 0.246 e. The van der Waals surface area contributed by atoms with Crippen molar-refractivity contribution in [3.63, 3.8) is 0 Å². The van der Waals surface area contributed by atoms with Crippen molar-refractivity contribution < 1.29 is 17.7 Å². The second-order valence-electron chi connectivity index (χ2n) is 7.14. The first-order valence-corrected chi connectivity index (χ1v) is 11.5. The third-order valence-electron chi connectivity index (χ3n) is 5.12. The van der Waals surface area contributed by atoms with Gasteiger partial charge in [-0.25, -0.2) is 13.4 Å². The number of nitrogens with one attached hydrogen (secondary N) is 1. The van der Waals surface area contributed by atoms with E-state index in [2.05, 4.69) is 20.4 Å². The summed E-state index contributed by atoms with van der Waals surface area (Å²) in [7, 11) is -3.76. The molecule has 0 saturated carbocycles. The lowest BCUT2D eigenvalue weighted by molar-refractivity contribution is -0.120. The van der Waals surface area contributed by atoms with E-state index < -0.39 is 10.0 Å². The Kier molecular flexibility index (Phi) is 6.03. The molecular weight excluding hydrogens is 442 g/mol. The molecule has 1 N–H and O–H groups in total. The molecule has 1 aliphatic rings. The maximum Gasteiger partial charge on any atom is 0.246 e. The Morgan fingerprint density at radius 3 is 2.61 bits per heavy atom. The lowest BCUT2D eigenvalue weighted by Gasteiger charge is -2.30. The Morgan fingerprint density at radius 2 is 1.94 bits per heavy atom. The number of benzene rings is 1. The molecule has 0 unspecified atom stereocenters. The van der Waals surface area contributed by atoms with Gasteiger partial charge in [0.15, 0.2) is 0 Å². The van der Waals surface area contributed by atoms with E-state index in [0.717, 1.165) is 0 Å². The van der Waals surface area contributed by atoms with E-state index >= 15 is 0 Å². The van der Waals surface area contributed by atoms with E-state index in [9.17, 15) is 13.2 Å². The standard InChI is InChI=1S/C20H20ClN5O4S/c1-13-23-19(25-30-13)15-5-2-3-6-16(15)24-20(27)14-8-11-26(12-9-14)31(28,29)17-7-4-10-22-18(17)21/h2-7,10,14H,8-9,11-12H2,1H3,(H,24,27). The number of pyridine rings is 1. The van der Waals surface area contributed by atoms with Crippen LogP contribution in [0.4, 0.5) is 5.69 Å². The van der Waals surface area contributed by atoms with Gasteiger partial charge in [-0.1, -0.05) is 28.9 Å². The van der Waals surface area contributed by atoms with Gasteiger partial charge in [-0.2, -0.15) is 9.29 Å². The second-order valence-corrected chi connectivity index (χ2v) is 9.41. The van der Waals surface area contributed by atoms with Gasteiger partial charge in [0.1, 0.15) is 10.0 Å². The van der Waals surface area contributed by atoms with Gasteiger partial charge in [0, 0.05) is 37.7 Å². The number of hydrogen-bond donors (Lipinski definition) is 1. The highest BCUT2D eigenvalue weighted by Crippen LogP contribution is 2.29. The van der Waals surface area contributed by atoms with Gasteiger partial charge in [0.25, 0.3) is 0 Å². The first-order valence-electron chi connectivity index (χ1n) is 9.67. The molecule has 2 aromatic heterocycles. The van der Waals surface area contributed by atoms with Crippen LogP contribution in [-0.4, -0.2) is 46.8 Å². The third-order valence-corrected chi connectivity index (χ3v) is 7.46. The number of piperidine rings is 1. The van der Waals surface area contributed by atoms with Gasteiger partial charge in [-0.05, 0) is 37.1 Å². The van der Waals surface area contributed by atoms with E-state index in [-0.39, 0.29) is 35.0 Å². The molecule has 0 bridgehead atoms. The highest BCUT2D eigenvalue weighted by Gasteiger charge is 2.33. The first-order chi connectivity index (χ1) is 14.9. The number of carbonyl (C=O) groups excluding carboxylic acids is 1. The topological polar surface area (TPSA) is 118 Å².